The van der Waals surface area contributed by atoms with Gasteiger partial charge in [0.1, 0.15) is 0 Å². The molecule has 1 atom stereocenters. The fourth-order valence-corrected chi connectivity index (χ4v) is 0.804. The summed E-state index contributed by atoms with van der Waals surface area (Å²) >= 11 is 0. The van der Waals surface area contributed by atoms with Crippen molar-refractivity contribution in [1.82, 2.24) is 5.32 Å². The van der Waals surface area contributed by atoms with Crippen LogP contribution in [0.1, 0.15) is 13.3 Å². The lowest BCUT2D eigenvalue weighted by Crippen LogP contribution is -2.26. The maximum Gasteiger partial charge on any atom is 0.0755 e. The molecule has 1 fully saturated rings. The van der Waals surface area contributed by atoms with Crippen molar-refractivity contribution in [3.63, 3.8) is 0 Å². The van der Waals surface area contributed by atoms with Gasteiger partial charge < -0.3 is 10.4 Å². The molecule has 3 heteroatoms. The van der Waals surface area contributed by atoms with E-state index < -0.39 is 5.60 Å². The number of β-amino-alcohol motifs (C(OH)–C–C–N with tert-alkyl or cyclic N) is 1. The first-order valence-corrected chi connectivity index (χ1v) is 2.64. The monoisotopic (exact) mass is 137 g/mol. The van der Waals surface area contributed by atoms with Crippen LogP contribution >= 0.6 is 12.4 Å². The van der Waals surface area contributed by atoms with E-state index in [0.717, 1.165) is 19.5 Å². The second kappa shape index (κ2) is 2.67. The first kappa shape index (κ1) is 8.21. The molecule has 0 amide bonds. The Hall–Kier alpha value is 0.210. The molecule has 0 bridgehead atoms. The fraction of sp³-hybridized carbons (Fsp3) is 1.00. The van der Waals surface area contributed by atoms with E-state index in [9.17, 15) is 0 Å². The van der Waals surface area contributed by atoms with E-state index in [0.29, 0.717) is 0 Å². The fourth-order valence-electron chi connectivity index (χ4n) is 0.804. The number of aliphatic hydroxyl groups is 1. The van der Waals surface area contributed by atoms with Gasteiger partial charge in [0.2, 0.25) is 0 Å². The van der Waals surface area contributed by atoms with Crippen molar-refractivity contribution in [2.24, 2.45) is 0 Å². The van der Waals surface area contributed by atoms with Gasteiger partial charge in [-0.05, 0) is 19.9 Å². The zero-order chi connectivity index (χ0) is 5.33. The summed E-state index contributed by atoms with van der Waals surface area (Å²) in [6.07, 6.45) is 0.896. The predicted octanol–water partition coefficient (Wildman–Crippen LogP) is 0.152. The Bertz CT molecular complexity index is 66.8. The molecule has 0 radical (unpaired) electrons. The SMILES string of the molecule is C[C@]1(O)CCNC1.Cl. The zero-order valence-corrected chi connectivity index (χ0v) is 5.79. The average Bonchev–Trinajstić information content (AvgIpc) is 1.84. The normalized spacial score (nSPS) is 36.8. The standard InChI is InChI=1S/C5H11NO.ClH/c1-5(7)2-3-6-4-5;/h6-7H,2-4H2,1H3;1H/t5-;/m0./s1. The smallest absolute Gasteiger partial charge is 0.0755 e. The summed E-state index contributed by atoms with van der Waals surface area (Å²) in [5, 5.41) is 12.2. The van der Waals surface area contributed by atoms with Crippen LogP contribution in [-0.2, 0) is 0 Å². The zero-order valence-electron chi connectivity index (χ0n) is 4.98. The van der Waals surface area contributed by atoms with Gasteiger partial charge in [-0.2, -0.15) is 0 Å². The van der Waals surface area contributed by atoms with E-state index in [1.807, 2.05) is 6.92 Å². The molecule has 8 heavy (non-hydrogen) atoms. The molecule has 1 aliphatic heterocycles. The molecule has 0 aromatic heterocycles. The molecule has 2 nitrogen and oxygen atoms in total. The van der Waals surface area contributed by atoms with E-state index in [-0.39, 0.29) is 12.4 Å². The molecule has 0 aliphatic carbocycles. The van der Waals surface area contributed by atoms with Crippen molar-refractivity contribution >= 4 is 12.4 Å². The van der Waals surface area contributed by atoms with Crippen LogP contribution in [0.2, 0.25) is 0 Å². The summed E-state index contributed by atoms with van der Waals surface area (Å²) in [6.45, 7) is 3.58. The number of rotatable bonds is 0. The highest BCUT2D eigenvalue weighted by molar-refractivity contribution is 5.85. The number of hydrogen-bond acceptors (Lipinski definition) is 2. The number of nitrogens with one attached hydrogen (secondary N) is 1. The van der Waals surface area contributed by atoms with Crippen molar-refractivity contribution in [2.45, 2.75) is 18.9 Å². The Morgan fingerprint density at radius 1 is 1.62 bits per heavy atom. The Balaban J connectivity index is 0.000000490. The number of halogens is 1. The Labute approximate surface area is 55.7 Å². The van der Waals surface area contributed by atoms with Gasteiger partial charge in [0.05, 0.1) is 5.60 Å². The van der Waals surface area contributed by atoms with Crippen LogP contribution in [0.5, 0.6) is 0 Å². The molecule has 1 aliphatic rings. The van der Waals surface area contributed by atoms with Gasteiger partial charge >= 0.3 is 0 Å². The minimum Gasteiger partial charge on any atom is -0.389 e. The van der Waals surface area contributed by atoms with Crippen molar-refractivity contribution in [3.05, 3.63) is 0 Å². The van der Waals surface area contributed by atoms with Gasteiger partial charge in [-0.3, -0.25) is 0 Å². The second-order valence-electron chi connectivity index (χ2n) is 2.42. The molecule has 1 heterocycles. The van der Waals surface area contributed by atoms with E-state index in [1.54, 1.807) is 0 Å². The highest BCUT2D eigenvalue weighted by Gasteiger charge is 2.23. The van der Waals surface area contributed by atoms with E-state index in [2.05, 4.69) is 5.32 Å². The summed E-state index contributed by atoms with van der Waals surface area (Å²) in [5.74, 6) is 0. The molecule has 0 aromatic carbocycles. The molecular formula is C5H12ClNO. The molecule has 2 N–H and O–H groups in total. The molecular weight excluding hydrogens is 126 g/mol. The van der Waals surface area contributed by atoms with E-state index in [1.165, 1.54) is 0 Å². The molecule has 1 saturated heterocycles. The van der Waals surface area contributed by atoms with Gasteiger partial charge in [-0.1, -0.05) is 0 Å². The highest BCUT2D eigenvalue weighted by atomic mass is 35.5. The minimum atomic E-state index is -0.417. The first-order valence-electron chi connectivity index (χ1n) is 2.64. The lowest BCUT2D eigenvalue weighted by atomic mass is 10.1. The summed E-state index contributed by atoms with van der Waals surface area (Å²) in [4.78, 5) is 0. The van der Waals surface area contributed by atoms with Gasteiger partial charge in [-0.15, -0.1) is 12.4 Å². The molecule has 0 saturated carbocycles. The summed E-state index contributed by atoms with van der Waals surface area (Å²) in [6, 6.07) is 0. The summed E-state index contributed by atoms with van der Waals surface area (Å²) < 4.78 is 0. The van der Waals surface area contributed by atoms with Gasteiger partial charge in [0.25, 0.3) is 0 Å². The second-order valence-corrected chi connectivity index (χ2v) is 2.42. The first-order chi connectivity index (χ1) is 3.21. The van der Waals surface area contributed by atoms with Crippen LogP contribution in [-0.4, -0.2) is 23.8 Å². The van der Waals surface area contributed by atoms with Crippen molar-refractivity contribution in [1.29, 1.82) is 0 Å². The van der Waals surface area contributed by atoms with Crippen molar-refractivity contribution in [3.8, 4) is 0 Å². The third-order valence-electron chi connectivity index (χ3n) is 1.35. The van der Waals surface area contributed by atoms with E-state index >= 15 is 0 Å². The van der Waals surface area contributed by atoms with Crippen molar-refractivity contribution < 1.29 is 5.11 Å². The Morgan fingerprint density at radius 2 is 2.25 bits per heavy atom. The third kappa shape index (κ3) is 1.99. The molecule has 0 unspecified atom stereocenters. The summed E-state index contributed by atoms with van der Waals surface area (Å²) in [5.41, 5.74) is -0.417. The lowest BCUT2D eigenvalue weighted by molar-refractivity contribution is 0.0820. The topological polar surface area (TPSA) is 32.3 Å². The maximum atomic E-state index is 9.13. The van der Waals surface area contributed by atoms with Gasteiger partial charge in [0, 0.05) is 6.54 Å². The van der Waals surface area contributed by atoms with Gasteiger partial charge in [0.15, 0.2) is 0 Å². The molecule has 1 rings (SSSR count). The quantitative estimate of drug-likeness (QED) is 0.498. The molecule has 0 aromatic rings. The van der Waals surface area contributed by atoms with Crippen LogP contribution in [0.15, 0.2) is 0 Å². The highest BCUT2D eigenvalue weighted by Crippen LogP contribution is 2.10. The largest absolute Gasteiger partial charge is 0.389 e. The predicted molar refractivity (Wildman–Crippen MR) is 35.4 cm³/mol. The van der Waals surface area contributed by atoms with Crippen LogP contribution in [0.3, 0.4) is 0 Å². The van der Waals surface area contributed by atoms with Crippen LogP contribution in [0.25, 0.3) is 0 Å². The Morgan fingerprint density at radius 3 is 2.38 bits per heavy atom. The van der Waals surface area contributed by atoms with Crippen LogP contribution in [0.4, 0.5) is 0 Å². The molecule has 50 valence electrons. The van der Waals surface area contributed by atoms with Gasteiger partial charge in [-0.25, -0.2) is 0 Å². The number of hydrogen-bond donors (Lipinski definition) is 2. The van der Waals surface area contributed by atoms with Crippen LogP contribution < -0.4 is 5.32 Å². The maximum absolute atomic E-state index is 9.13. The van der Waals surface area contributed by atoms with Crippen molar-refractivity contribution in [2.75, 3.05) is 13.1 Å². The summed E-state index contributed by atoms with van der Waals surface area (Å²) in [7, 11) is 0. The van der Waals surface area contributed by atoms with Crippen LogP contribution in [0, 0.1) is 0 Å². The Kier molecular flexibility index (Phi) is 2.74. The minimum absolute atomic E-state index is 0. The lowest BCUT2D eigenvalue weighted by Gasteiger charge is -2.11. The molecule has 0 spiro atoms. The third-order valence-corrected chi connectivity index (χ3v) is 1.35. The average molecular weight is 138 g/mol. The van der Waals surface area contributed by atoms with E-state index in [4.69, 9.17) is 5.11 Å².